The van der Waals surface area contributed by atoms with Crippen molar-refractivity contribution in [3.63, 3.8) is 0 Å². The number of hydrogen-bond donors (Lipinski definition) is 2. The van der Waals surface area contributed by atoms with E-state index >= 15 is 0 Å². The van der Waals surface area contributed by atoms with E-state index in [-0.39, 0.29) is 18.4 Å². The Morgan fingerprint density at radius 2 is 1.78 bits per heavy atom. The molecule has 0 atom stereocenters. The molecular formula is C25H33N3O4. The first-order valence-corrected chi connectivity index (χ1v) is 11.1. The van der Waals surface area contributed by atoms with Crippen LogP contribution in [0.15, 0.2) is 48.2 Å². The lowest BCUT2D eigenvalue weighted by atomic mass is 10.1. The van der Waals surface area contributed by atoms with E-state index in [9.17, 15) is 14.7 Å². The van der Waals surface area contributed by atoms with Crippen LogP contribution >= 0.6 is 0 Å². The number of amides is 2. The standard InChI is InChI=1S/C25H33N3O4/c1-4-6-7-8-9-17-26-25(31)28(3)23-12-10-11-21(27-23)20-15-13-19(14-16-20)18-22(24(29)30)32-5-2/h10-16,18H,4-9,17H2,1-3H3,(H,26,31)(H,29,30)/b22-18+. The predicted octanol–water partition coefficient (Wildman–Crippen LogP) is 5.33. The van der Waals surface area contributed by atoms with E-state index in [1.54, 1.807) is 32.2 Å². The monoisotopic (exact) mass is 439 g/mol. The lowest BCUT2D eigenvalue weighted by Crippen LogP contribution is -2.38. The number of ether oxygens (including phenoxy) is 1. The molecule has 1 aromatic carbocycles. The third-order valence-electron chi connectivity index (χ3n) is 4.95. The first-order chi connectivity index (χ1) is 15.5. The van der Waals surface area contributed by atoms with Crippen LogP contribution in [-0.2, 0) is 9.53 Å². The molecule has 0 aliphatic heterocycles. The molecule has 1 heterocycles. The summed E-state index contributed by atoms with van der Waals surface area (Å²) in [5, 5.41) is 12.1. The fourth-order valence-electron chi connectivity index (χ4n) is 3.14. The maximum Gasteiger partial charge on any atom is 0.371 e. The number of benzene rings is 1. The molecule has 0 saturated heterocycles. The predicted molar refractivity (Wildman–Crippen MR) is 127 cm³/mol. The highest BCUT2D eigenvalue weighted by Crippen LogP contribution is 2.22. The van der Waals surface area contributed by atoms with Crippen LogP contribution in [0.4, 0.5) is 10.6 Å². The Morgan fingerprint density at radius 3 is 2.44 bits per heavy atom. The van der Waals surface area contributed by atoms with Gasteiger partial charge in [0.2, 0.25) is 5.76 Å². The highest BCUT2D eigenvalue weighted by atomic mass is 16.5. The summed E-state index contributed by atoms with van der Waals surface area (Å²) in [5.41, 5.74) is 2.30. The summed E-state index contributed by atoms with van der Waals surface area (Å²) >= 11 is 0. The molecule has 2 amide bonds. The number of nitrogens with one attached hydrogen (secondary N) is 1. The van der Waals surface area contributed by atoms with Crippen molar-refractivity contribution in [1.82, 2.24) is 10.3 Å². The van der Waals surface area contributed by atoms with Crippen molar-refractivity contribution in [3.05, 3.63) is 53.8 Å². The van der Waals surface area contributed by atoms with Crippen LogP contribution in [0, 0.1) is 0 Å². The second kappa shape index (κ2) is 13.1. The van der Waals surface area contributed by atoms with Crippen LogP contribution in [0.5, 0.6) is 0 Å². The zero-order valence-corrected chi connectivity index (χ0v) is 19.1. The Hall–Kier alpha value is -3.35. The van der Waals surface area contributed by atoms with Gasteiger partial charge < -0.3 is 15.2 Å². The number of unbranched alkanes of at least 4 members (excludes halogenated alkanes) is 4. The largest absolute Gasteiger partial charge is 0.487 e. The molecule has 0 bridgehead atoms. The lowest BCUT2D eigenvalue weighted by molar-refractivity contribution is -0.136. The van der Waals surface area contributed by atoms with Crippen molar-refractivity contribution in [2.75, 3.05) is 25.1 Å². The maximum absolute atomic E-state index is 12.4. The van der Waals surface area contributed by atoms with Gasteiger partial charge in [-0.2, -0.15) is 0 Å². The van der Waals surface area contributed by atoms with Crippen LogP contribution < -0.4 is 10.2 Å². The summed E-state index contributed by atoms with van der Waals surface area (Å²) < 4.78 is 5.14. The number of carboxylic acids is 1. The molecule has 0 unspecified atom stereocenters. The molecule has 2 N–H and O–H groups in total. The number of nitrogens with zero attached hydrogens (tertiary/aromatic N) is 2. The number of urea groups is 1. The van der Waals surface area contributed by atoms with E-state index in [1.165, 1.54) is 30.2 Å². The molecule has 1 aromatic heterocycles. The molecule has 0 saturated carbocycles. The number of hydrogen-bond acceptors (Lipinski definition) is 4. The molecule has 7 heteroatoms. The smallest absolute Gasteiger partial charge is 0.371 e. The van der Waals surface area contributed by atoms with E-state index in [2.05, 4.69) is 17.2 Å². The maximum atomic E-state index is 12.4. The van der Waals surface area contributed by atoms with Crippen molar-refractivity contribution in [2.45, 2.75) is 46.0 Å². The average Bonchev–Trinajstić information content (AvgIpc) is 2.81. The first-order valence-electron chi connectivity index (χ1n) is 11.1. The molecule has 2 aromatic rings. The van der Waals surface area contributed by atoms with Gasteiger partial charge in [-0.1, -0.05) is 62.9 Å². The van der Waals surface area contributed by atoms with Crippen LogP contribution in [0.1, 0.15) is 51.5 Å². The van der Waals surface area contributed by atoms with Crippen LogP contribution in [0.2, 0.25) is 0 Å². The van der Waals surface area contributed by atoms with Gasteiger partial charge in [-0.05, 0) is 37.1 Å². The van der Waals surface area contributed by atoms with E-state index < -0.39 is 5.97 Å². The Kier molecular flexibility index (Phi) is 10.2. The molecule has 32 heavy (non-hydrogen) atoms. The van der Waals surface area contributed by atoms with Crippen LogP contribution in [0.3, 0.4) is 0 Å². The zero-order chi connectivity index (χ0) is 23.3. The molecule has 0 aliphatic carbocycles. The van der Waals surface area contributed by atoms with E-state index in [0.29, 0.717) is 17.9 Å². The molecule has 7 nitrogen and oxygen atoms in total. The average molecular weight is 440 g/mol. The highest BCUT2D eigenvalue weighted by molar-refractivity contribution is 5.91. The minimum absolute atomic E-state index is 0.0987. The van der Waals surface area contributed by atoms with Gasteiger partial charge in [-0.15, -0.1) is 0 Å². The fourth-order valence-corrected chi connectivity index (χ4v) is 3.14. The summed E-state index contributed by atoms with van der Waals surface area (Å²) in [6.45, 7) is 4.86. The van der Waals surface area contributed by atoms with Gasteiger partial charge in [0.25, 0.3) is 0 Å². The Morgan fingerprint density at radius 1 is 1.06 bits per heavy atom. The number of rotatable bonds is 12. The molecule has 172 valence electrons. The van der Waals surface area contributed by atoms with Gasteiger partial charge in [-0.25, -0.2) is 14.6 Å². The van der Waals surface area contributed by atoms with Gasteiger partial charge in [0.15, 0.2) is 0 Å². The number of carbonyl (C=O) groups is 2. The number of carbonyl (C=O) groups excluding carboxylic acids is 1. The van der Waals surface area contributed by atoms with Crippen LogP contribution in [0.25, 0.3) is 17.3 Å². The second-order valence-electron chi connectivity index (χ2n) is 7.45. The minimum atomic E-state index is -1.10. The van der Waals surface area contributed by atoms with Gasteiger partial charge in [0.05, 0.1) is 12.3 Å². The molecule has 0 spiro atoms. The number of aromatic nitrogens is 1. The van der Waals surface area contributed by atoms with E-state index in [0.717, 1.165) is 24.1 Å². The van der Waals surface area contributed by atoms with Crippen molar-refractivity contribution >= 4 is 23.9 Å². The molecule has 0 radical (unpaired) electrons. The summed E-state index contributed by atoms with van der Waals surface area (Å²) in [7, 11) is 1.70. The molecular weight excluding hydrogens is 406 g/mol. The van der Waals surface area contributed by atoms with Crippen molar-refractivity contribution in [2.24, 2.45) is 0 Å². The molecule has 2 rings (SSSR count). The van der Waals surface area contributed by atoms with Gasteiger partial charge >= 0.3 is 12.0 Å². The normalized spacial score (nSPS) is 11.2. The number of aliphatic carboxylic acids is 1. The first kappa shape index (κ1) is 24.9. The fraction of sp³-hybridized carbons (Fsp3) is 0.400. The van der Waals surface area contributed by atoms with E-state index in [4.69, 9.17) is 4.74 Å². The number of carboxylic acid groups (broad SMARTS) is 1. The summed E-state index contributed by atoms with van der Waals surface area (Å²) in [6.07, 6.45) is 7.21. The van der Waals surface area contributed by atoms with Gasteiger partial charge in [0, 0.05) is 19.2 Å². The Balaban J connectivity index is 2.03. The SMILES string of the molecule is CCCCCCCNC(=O)N(C)c1cccc(-c2ccc(/C=C(/OCC)C(=O)O)cc2)n1. The molecule has 0 aliphatic rings. The minimum Gasteiger partial charge on any atom is -0.487 e. The third-order valence-corrected chi connectivity index (χ3v) is 4.95. The van der Waals surface area contributed by atoms with E-state index in [1.807, 2.05) is 24.3 Å². The quantitative estimate of drug-likeness (QED) is 0.265. The Labute approximate surface area is 190 Å². The van der Waals surface area contributed by atoms with Crippen molar-refractivity contribution in [3.8, 4) is 11.3 Å². The highest BCUT2D eigenvalue weighted by Gasteiger charge is 2.13. The Bertz CT molecular complexity index is 910. The van der Waals surface area contributed by atoms with Crippen LogP contribution in [-0.4, -0.2) is 42.3 Å². The topological polar surface area (TPSA) is 91.8 Å². The van der Waals surface area contributed by atoms with Crippen molar-refractivity contribution in [1.29, 1.82) is 0 Å². The number of anilines is 1. The second-order valence-corrected chi connectivity index (χ2v) is 7.45. The third kappa shape index (κ3) is 7.72. The summed E-state index contributed by atoms with van der Waals surface area (Å²) in [4.78, 5) is 29.8. The number of pyridine rings is 1. The molecule has 0 fully saturated rings. The van der Waals surface area contributed by atoms with Gasteiger partial charge in [-0.3, -0.25) is 4.90 Å². The van der Waals surface area contributed by atoms with Crippen molar-refractivity contribution < 1.29 is 19.4 Å². The zero-order valence-electron chi connectivity index (χ0n) is 19.1. The summed E-state index contributed by atoms with van der Waals surface area (Å²) in [6, 6.07) is 12.7. The lowest BCUT2D eigenvalue weighted by Gasteiger charge is -2.18. The van der Waals surface area contributed by atoms with Gasteiger partial charge in [0.1, 0.15) is 5.82 Å². The summed E-state index contributed by atoms with van der Waals surface area (Å²) in [5.74, 6) is -0.648.